The molecule has 0 saturated carbocycles. The summed E-state index contributed by atoms with van der Waals surface area (Å²) in [4.78, 5) is 0. The number of hydrazine groups is 1. The van der Waals surface area contributed by atoms with E-state index in [9.17, 15) is 8.42 Å². The number of nitrogens with zero attached hydrogens (tertiary/aromatic N) is 1. The fourth-order valence-corrected chi connectivity index (χ4v) is 2.44. The first-order chi connectivity index (χ1) is 5.06. The molecule has 0 aromatic rings. The Labute approximate surface area is 67.5 Å². The summed E-state index contributed by atoms with van der Waals surface area (Å²) in [6, 6.07) is 0. The fourth-order valence-electron chi connectivity index (χ4n) is 1.16. The van der Waals surface area contributed by atoms with Crippen molar-refractivity contribution in [1.29, 1.82) is 0 Å². The lowest BCUT2D eigenvalue weighted by atomic mass is 10.4. The van der Waals surface area contributed by atoms with Crippen LogP contribution in [0.3, 0.4) is 0 Å². The second kappa shape index (κ2) is 3.08. The molecule has 0 bridgehead atoms. The summed E-state index contributed by atoms with van der Waals surface area (Å²) < 4.78 is 22.4. The average Bonchev–Trinajstić information content (AvgIpc) is 1.95. The van der Waals surface area contributed by atoms with Gasteiger partial charge in [0.05, 0.1) is 11.0 Å². The van der Waals surface area contributed by atoms with Crippen LogP contribution < -0.4 is 5.43 Å². The number of sulfone groups is 1. The highest BCUT2D eigenvalue weighted by Gasteiger charge is 2.28. The minimum atomic E-state index is -2.79. The van der Waals surface area contributed by atoms with Gasteiger partial charge in [0, 0.05) is 13.1 Å². The van der Waals surface area contributed by atoms with Gasteiger partial charge < -0.3 is 0 Å². The van der Waals surface area contributed by atoms with Crippen LogP contribution in [0.5, 0.6) is 0 Å². The molecule has 1 atom stereocenters. The third-order valence-electron chi connectivity index (χ3n) is 2.05. The molecule has 0 spiro atoms. The molecule has 1 saturated heterocycles. The third kappa shape index (κ3) is 1.91. The Bertz CT molecular complexity index is 225. The molecule has 1 heterocycles. The lowest BCUT2D eigenvalue weighted by Gasteiger charge is -2.29. The largest absolute Gasteiger partial charge is 0.258 e. The Hall–Kier alpha value is -0.130. The number of hydrogen-bond donors (Lipinski definition) is 1. The lowest BCUT2D eigenvalue weighted by molar-refractivity contribution is 0.212. The van der Waals surface area contributed by atoms with Crippen LogP contribution in [0, 0.1) is 0 Å². The summed E-state index contributed by atoms with van der Waals surface area (Å²) in [5.74, 6) is 0.273. The van der Waals surface area contributed by atoms with Gasteiger partial charge >= 0.3 is 0 Å². The van der Waals surface area contributed by atoms with E-state index in [0.717, 1.165) is 0 Å². The van der Waals surface area contributed by atoms with E-state index in [1.54, 1.807) is 6.92 Å². The predicted molar refractivity (Wildman–Crippen MR) is 43.9 cm³/mol. The molecule has 0 unspecified atom stereocenters. The first-order valence-electron chi connectivity index (χ1n) is 3.70. The van der Waals surface area contributed by atoms with Crippen LogP contribution in [-0.4, -0.2) is 44.6 Å². The summed E-state index contributed by atoms with van der Waals surface area (Å²) in [5, 5.41) is 1.69. The van der Waals surface area contributed by atoms with Gasteiger partial charge in [-0.15, -0.1) is 0 Å². The highest BCUT2D eigenvalue weighted by Crippen LogP contribution is 2.09. The third-order valence-corrected chi connectivity index (χ3v) is 4.18. The SMILES string of the molecule is CNN1CCS(=O)(=O)[C@@H](C)C1. The van der Waals surface area contributed by atoms with Crippen LogP contribution in [0.4, 0.5) is 0 Å². The van der Waals surface area contributed by atoms with Crippen LogP contribution in [0.2, 0.25) is 0 Å². The van der Waals surface area contributed by atoms with Gasteiger partial charge in [0.25, 0.3) is 0 Å². The van der Waals surface area contributed by atoms with Crippen molar-refractivity contribution in [3.05, 3.63) is 0 Å². The minimum Gasteiger partial charge on any atom is -0.258 e. The smallest absolute Gasteiger partial charge is 0.155 e. The van der Waals surface area contributed by atoms with E-state index in [1.807, 2.05) is 12.1 Å². The topological polar surface area (TPSA) is 49.4 Å². The number of rotatable bonds is 1. The molecule has 1 aliphatic rings. The van der Waals surface area contributed by atoms with Gasteiger partial charge in [-0.05, 0) is 14.0 Å². The Kier molecular flexibility index (Phi) is 2.51. The van der Waals surface area contributed by atoms with Crippen LogP contribution in [0.15, 0.2) is 0 Å². The van der Waals surface area contributed by atoms with Gasteiger partial charge in [-0.1, -0.05) is 0 Å². The zero-order chi connectivity index (χ0) is 8.48. The highest BCUT2D eigenvalue weighted by atomic mass is 32.2. The Morgan fingerprint density at radius 1 is 1.55 bits per heavy atom. The quantitative estimate of drug-likeness (QED) is 0.573. The van der Waals surface area contributed by atoms with Crippen molar-refractivity contribution in [3.63, 3.8) is 0 Å². The van der Waals surface area contributed by atoms with Crippen molar-refractivity contribution in [2.45, 2.75) is 12.2 Å². The van der Waals surface area contributed by atoms with E-state index in [0.29, 0.717) is 13.1 Å². The molecule has 0 aliphatic carbocycles. The van der Waals surface area contributed by atoms with Gasteiger partial charge in [-0.25, -0.2) is 13.4 Å². The van der Waals surface area contributed by atoms with Crippen molar-refractivity contribution in [3.8, 4) is 0 Å². The van der Waals surface area contributed by atoms with Gasteiger partial charge in [-0.3, -0.25) is 5.43 Å². The second-order valence-corrected chi connectivity index (χ2v) is 5.39. The van der Waals surface area contributed by atoms with E-state index in [1.165, 1.54) is 0 Å². The molecule has 0 radical (unpaired) electrons. The van der Waals surface area contributed by atoms with Gasteiger partial charge in [-0.2, -0.15) is 0 Å². The van der Waals surface area contributed by atoms with Gasteiger partial charge in [0.2, 0.25) is 0 Å². The first kappa shape index (κ1) is 8.96. The van der Waals surface area contributed by atoms with E-state index < -0.39 is 9.84 Å². The Morgan fingerprint density at radius 2 is 2.18 bits per heavy atom. The Morgan fingerprint density at radius 3 is 2.64 bits per heavy atom. The minimum absolute atomic E-state index is 0.233. The van der Waals surface area contributed by atoms with E-state index in [2.05, 4.69) is 5.43 Å². The predicted octanol–water partition coefficient (Wildman–Crippen LogP) is -0.760. The zero-order valence-corrected chi connectivity index (χ0v) is 7.69. The Balaban J connectivity index is 2.62. The van der Waals surface area contributed by atoms with Gasteiger partial charge in [0.15, 0.2) is 9.84 Å². The molecule has 11 heavy (non-hydrogen) atoms. The molecule has 66 valence electrons. The molecule has 1 fully saturated rings. The monoisotopic (exact) mass is 178 g/mol. The molecular formula is C6H14N2O2S. The maximum absolute atomic E-state index is 11.2. The normalized spacial score (nSPS) is 32.0. The fraction of sp³-hybridized carbons (Fsp3) is 1.00. The lowest BCUT2D eigenvalue weighted by Crippen LogP contribution is -2.50. The highest BCUT2D eigenvalue weighted by molar-refractivity contribution is 7.92. The summed E-state index contributed by atoms with van der Waals surface area (Å²) in [6.07, 6.45) is 0. The van der Waals surface area contributed by atoms with Crippen LogP contribution in [0.25, 0.3) is 0 Å². The summed E-state index contributed by atoms with van der Waals surface area (Å²) >= 11 is 0. The molecule has 4 nitrogen and oxygen atoms in total. The standard InChI is InChI=1S/C6H14N2O2S/c1-6-5-8(7-2)3-4-11(6,9)10/h6-7H,3-5H2,1-2H3/t6-/m0/s1. The molecule has 0 aromatic carbocycles. The molecule has 0 amide bonds. The molecule has 5 heteroatoms. The zero-order valence-electron chi connectivity index (χ0n) is 6.87. The second-order valence-electron chi connectivity index (χ2n) is 2.85. The molecular weight excluding hydrogens is 164 g/mol. The van der Waals surface area contributed by atoms with Gasteiger partial charge in [0.1, 0.15) is 0 Å². The van der Waals surface area contributed by atoms with Crippen LogP contribution in [-0.2, 0) is 9.84 Å². The summed E-state index contributed by atoms with van der Waals surface area (Å²) in [5.41, 5.74) is 2.94. The first-order valence-corrected chi connectivity index (χ1v) is 5.41. The van der Waals surface area contributed by atoms with Crippen molar-refractivity contribution in [2.75, 3.05) is 25.9 Å². The summed E-state index contributed by atoms with van der Waals surface area (Å²) in [7, 11) is -0.976. The molecule has 0 aromatic heterocycles. The maximum Gasteiger partial charge on any atom is 0.155 e. The number of hydrogen-bond acceptors (Lipinski definition) is 4. The maximum atomic E-state index is 11.2. The van der Waals surface area contributed by atoms with Crippen molar-refractivity contribution < 1.29 is 8.42 Å². The average molecular weight is 178 g/mol. The van der Waals surface area contributed by atoms with E-state index in [-0.39, 0.29) is 11.0 Å². The molecule has 1 rings (SSSR count). The van der Waals surface area contributed by atoms with Crippen molar-refractivity contribution >= 4 is 9.84 Å². The van der Waals surface area contributed by atoms with Crippen LogP contribution in [0.1, 0.15) is 6.92 Å². The van der Waals surface area contributed by atoms with E-state index in [4.69, 9.17) is 0 Å². The van der Waals surface area contributed by atoms with E-state index >= 15 is 0 Å². The van der Waals surface area contributed by atoms with Crippen molar-refractivity contribution in [1.82, 2.24) is 10.4 Å². The van der Waals surface area contributed by atoms with Crippen molar-refractivity contribution in [2.24, 2.45) is 0 Å². The molecule has 1 aliphatic heterocycles. The number of nitrogens with one attached hydrogen (secondary N) is 1. The summed E-state index contributed by atoms with van der Waals surface area (Å²) in [6.45, 7) is 2.95. The molecule has 1 N–H and O–H groups in total. The van der Waals surface area contributed by atoms with Crippen LogP contribution >= 0.6 is 0 Å².